The van der Waals surface area contributed by atoms with Gasteiger partial charge in [0.05, 0.1) is 0 Å². The van der Waals surface area contributed by atoms with Gasteiger partial charge in [-0.2, -0.15) is 0 Å². The average Bonchev–Trinajstić information content (AvgIpc) is 1.38. The lowest BCUT2D eigenvalue weighted by Gasteiger charge is -1.93. The molecule has 32 valence electrons. The summed E-state index contributed by atoms with van der Waals surface area (Å²) >= 11 is 0. The van der Waals surface area contributed by atoms with Gasteiger partial charge in [-0.25, -0.2) is 0 Å². The lowest BCUT2D eigenvalue weighted by Crippen LogP contribution is -2.23. The second-order valence-corrected chi connectivity index (χ2v) is 4.24. The molecular formula is CH9NOSi2. The Kier molecular flexibility index (Phi) is 2.77. The molecule has 0 saturated carbocycles. The van der Waals surface area contributed by atoms with Crippen molar-refractivity contribution in [1.82, 2.24) is 0 Å². The first-order chi connectivity index (χ1) is 2.27. The molecule has 0 aliphatic rings. The molecule has 1 atom stereocenters. The van der Waals surface area contributed by atoms with Crippen molar-refractivity contribution in [3.63, 3.8) is 0 Å². The second-order valence-electron chi connectivity index (χ2n) is 0.941. The lowest BCUT2D eigenvalue weighted by atomic mass is 11.9. The first-order valence-corrected chi connectivity index (χ1v) is 4.66. The topological polar surface area (TPSA) is 35.2 Å². The van der Waals surface area contributed by atoms with Crippen molar-refractivity contribution in [3.05, 3.63) is 0 Å². The second kappa shape index (κ2) is 2.58. The van der Waals surface area contributed by atoms with Crippen molar-refractivity contribution in [2.45, 2.75) is 6.55 Å². The van der Waals surface area contributed by atoms with E-state index in [0.29, 0.717) is 0 Å². The fourth-order valence-electron chi connectivity index (χ4n) is 0. The molecule has 0 fully saturated rings. The van der Waals surface area contributed by atoms with Crippen molar-refractivity contribution in [3.8, 4) is 0 Å². The molecular weight excluding hydrogens is 98.2 g/mol. The fourth-order valence-corrected chi connectivity index (χ4v) is 0. The number of nitrogens with two attached hydrogens (primary N) is 1. The van der Waals surface area contributed by atoms with Crippen LogP contribution in [-0.2, 0) is 4.12 Å². The summed E-state index contributed by atoms with van der Waals surface area (Å²) in [5.41, 5.74) is 0. The minimum Gasteiger partial charge on any atom is -0.455 e. The molecule has 0 heterocycles. The molecule has 0 amide bonds. The molecule has 0 aromatic rings. The Morgan fingerprint density at radius 3 is 2.20 bits per heavy atom. The van der Waals surface area contributed by atoms with E-state index in [4.69, 9.17) is 9.51 Å². The Morgan fingerprint density at radius 1 is 2.00 bits per heavy atom. The quantitative estimate of drug-likeness (QED) is 0.397. The largest absolute Gasteiger partial charge is 0.455 e. The van der Waals surface area contributed by atoms with Crippen LogP contribution in [0.3, 0.4) is 0 Å². The Labute approximate surface area is 36.7 Å². The highest BCUT2D eigenvalue weighted by Gasteiger charge is 1.83. The summed E-state index contributed by atoms with van der Waals surface area (Å²) < 4.78 is 4.81. The number of hydrogen-bond acceptors (Lipinski definition) is 2. The van der Waals surface area contributed by atoms with Crippen molar-refractivity contribution < 1.29 is 4.12 Å². The zero-order chi connectivity index (χ0) is 4.28. The third kappa shape index (κ3) is 4.35. The van der Waals surface area contributed by atoms with Gasteiger partial charge in [0, 0.05) is 0 Å². The maximum Gasteiger partial charge on any atom is 0.235 e. The van der Waals surface area contributed by atoms with E-state index in [2.05, 4.69) is 0 Å². The molecule has 5 heavy (non-hydrogen) atoms. The predicted octanol–water partition coefficient (Wildman–Crippen LogP) is -1.91. The molecule has 1 unspecified atom stereocenters. The Hall–Kier alpha value is 0.354. The molecule has 0 aliphatic heterocycles. The van der Waals surface area contributed by atoms with Gasteiger partial charge in [0.25, 0.3) is 0 Å². The molecule has 0 radical (unpaired) electrons. The van der Waals surface area contributed by atoms with Crippen LogP contribution in [0, 0.1) is 0 Å². The molecule has 4 heteroatoms. The van der Waals surface area contributed by atoms with Crippen molar-refractivity contribution in [2.75, 3.05) is 0 Å². The zero-order valence-corrected chi connectivity index (χ0v) is 6.72. The van der Waals surface area contributed by atoms with E-state index in [1.807, 2.05) is 6.55 Å². The van der Waals surface area contributed by atoms with Gasteiger partial charge in [0.15, 0.2) is 0 Å². The molecule has 2 nitrogen and oxygen atoms in total. The normalized spacial score (nSPS) is 15.6. The number of hydrogen-bond donors (Lipinski definition) is 1. The van der Waals surface area contributed by atoms with E-state index in [0.717, 1.165) is 10.5 Å². The summed E-state index contributed by atoms with van der Waals surface area (Å²) in [7, 11) is -0.278. The van der Waals surface area contributed by atoms with Crippen LogP contribution in [0.2, 0.25) is 6.55 Å². The summed E-state index contributed by atoms with van der Waals surface area (Å²) in [6.45, 7) is 1.95. The van der Waals surface area contributed by atoms with E-state index in [1.54, 1.807) is 0 Å². The van der Waals surface area contributed by atoms with Crippen LogP contribution in [0.25, 0.3) is 0 Å². The van der Waals surface area contributed by atoms with Crippen LogP contribution < -0.4 is 5.40 Å². The van der Waals surface area contributed by atoms with E-state index in [-0.39, 0.29) is 0 Å². The van der Waals surface area contributed by atoms with Gasteiger partial charge in [0.1, 0.15) is 10.5 Å². The Morgan fingerprint density at radius 2 is 2.20 bits per heavy atom. The third-order valence-electron chi connectivity index (χ3n) is 0.372. The van der Waals surface area contributed by atoms with Crippen molar-refractivity contribution >= 4 is 19.7 Å². The van der Waals surface area contributed by atoms with Crippen molar-refractivity contribution in [2.24, 2.45) is 5.40 Å². The van der Waals surface area contributed by atoms with Crippen LogP contribution in [0.4, 0.5) is 0 Å². The maximum absolute atomic E-state index is 5.24. The molecule has 0 aromatic heterocycles. The maximum atomic E-state index is 5.24. The minimum absolute atomic E-state index is 0.810. The smallest absolute Gasteiger partial charge is 0.235 e. The van der Waals surface area contributed by atoms with Crippen LogP contribution in [0.1, 0.15) is 0 Å². The van der Waals surface area contributed by atoms with Gasteiger partial charge in [0.2, 0.25) is 9.20 Å². The molecule has 0 bridgehead atoms. The van der Waals surface area contributed by atoms with Gasteiger partial charge in [-0.1, -0.05) is 0 Å². The van der Waals surface area contributed by atoms with Gasteiger partial charge in [-0.05, 0) is 6.55 Å². The van der Waals surface area contributed by atoms with Crippen LogP contribution in [-0.4, -0.2) is 19.7 Å². The van der Waals surface area contributed by atoms with E-state index in [9.17, 15) is 0 Å². The van der Waals surface area contributed by atoms with Gasteiger partial charge in [-0.3, -0.25) is 0 Å². The van der Waals surface area contributed by atoms with Crippen LogP contribution >= 0.6 is 0 Å². The molecule has 0 rings (SSSR count). The molecule has 0 spiro atoms. The van der Waals surface area contributed by atoms with Gasteiger partial charge >= 0.3 is 0 Å². The van der Waals surface area contributed by atoms with Crippen LogP contribution in [0.5, 0.6) is 0 Å². The summed E-state index contributed by atoms with van der Waals surface area (Å²) in [4.78, 5) is 0. The standard InChI is InChI=1S/CH9NOSi2/c1-5(2)3-4/h5H,2H2,1,4H3. The third-order valence-corrected chi connectivity index (χ3v) is 3.35. The number of rotatable bonds is 1. The van der Waals surface area contributed by atoms with Gasteiger partial charge in [-0.15, -0.1) is 0 Å². The molecule has 0 saturated heterocycles. The summed E-state index contributed by atoms with van der Waals surface area (Å²) in [5.74, 6) is 0. The molecule has 0 aliphatic carbocycles. The highest BCUT2D eigenvalue weighted by atomic mass is 28.3. The van der Waals surface area contributed by atoms with Crippen molar-refractivity contribution in [1.29, 1.82) is 0 Å². The monoisotopic (exact) mass is 107 g/mol. The summed E-state index contributed by atoms with van der Waals surface area (Å²) in [5, 5.41) is 5.24. The van der Waals surface area contributed by atoms with E-state index >= 15 is 0 Å². The highest BCUT2D eigenvalue weighted by Crippen LogP contribution is 1.59. The minimum atomic E-state index is -1.09. The SMILES string of the molecule is C[SiH](N)O[SiH3]. The molecule has 0 aromatic carbocycles. The predicted molar refractivity (Wildman–Crippen MR) is 28.2 cm³/mol. The summed E-state index contributed by atoms with van der Waals surface area (Å²) in [6, 6.07) is 0. The lowest BCUT2D eigenvalue weighted by molar-refractivity contribution is 0.641. The highest BCUT2D eigenvalue weighted by molar-refractivity contribution is 6.50. The first kappa shape index (κ1) is 5.35. The van der Waals surface area contributed by atoms with Gasteiger partial charge < -0.3 is 9.51 Å². The van der Waals surface area contributed by atoms with E-state index < -0.39 is 9.20 Å². The fraction of sp³-hybridized carbons (Fsp3) is 1.00. The average molecular weight is 107 g/mol. The molecule has 2 N–H and O–H groups in total. The first-order valence-electron chi connectivity index (χ1n) is 1.55. The van der Waals surface area contributed by atoms with E-state index in [1.165, 1.54) is 0 Å². The zero-order valence-electron chi connectivity index (χ0n) is 3.56. The Bertz CT molecular complexity index is 23.6. The summed E-state index contributed by atoms with van der Waals surface area (Å²) in [6.07, 6.45) is 0. The Balaban J connectivity index is 2.54. The van der Waals surface area contributed by atoms with Crippen LogP contribution in [0.15, 0.2) is 0 Å².